The summed E-state index contributed by atoms with van der Waals surface area (Å²) in [5.41, 5.74) is 0.751. The Hall–Kier alpha value is -2.63. The molecule has 0 saturated carbocycles. The SMILES string of the molecule is COc1ccc(CCOc2cc(F)ccc2[N+](=O)[O-])cc1. The van der Waals surface area contributed by atoms with Crippen molar-refractivity contribution >= 4 is 5.69 Å². The maximum absolute atomic E-state index is 13.1. The van der Waals surface area contributed by atoms with Crippen molar-refractivity contribution in [1.82, 2.24) is 0 Å². The Morgan fingerprint density at radius 1 is 1.19 bits per heavy atom. The first-order valence-corrected chi connectivity index (χ1v) is 6.30. The topological polar surface area (TPSA) is 61.6 Å². The predicted molar refractivity (Wildman–Crippen MR) is 75.2 cm³/mol. The highest BCUT2D eigenvalue weighted by molar-refractivity contribution is 5.46. The Morgan fingerprint density at radius 3 is 2.52 bits per heavy atom. The lowest BCUT2D eigenvalue weighted by molar-refractivity contribution is -0.385. The van der Waals surface area contributed by atoms with E-state index in [0.717, 1.165) is 29.5 Å². The molecule has 0 aliphatic carbocycles. The van der Waals surface area contributed by atoms with Gasteiger partial charge in [-0.15, -0.1) is 0 Å². The van der Waals surface area contributed by atoms with Crippen LogP contribution in [0.3, 0.4) is 0 Å². The largest absolute Gasteiger partial charge is 0.497 e. The van der Waals surface area contributed by atoms with Gasteiger partial charge >= 0.3 is 5.69 Å². The summed E-state index contributed by atoms with van der Waals surface area (Å²) in [6.45, 7) is 0.219. The van der Waals surface area contributed by atoms with Gasteiger partial charge in [-0.2, -0.15) is 0 Å². The molecule has 0 aliphatic heterocycles. The van der Waals surface area contributed by atoms with Gasteiger partial charge in [0.1, 0.15) is 11.6 Å². The maximum atomic E-state index is 13.1. The van der Waals surface area contributed by atoms with E-state index in [4.69, 9.17) is 9.47 Å². The average Bonchev–Trinajstić information content (AvgIpc) is 2.48. The molecule has 0 fully saturated rings. The highest BCUT2D eigenvalue weighted by Crippen LogP contribution is 2.27. The average molecular weight is 291 g/mol. The molecule has 110 valence electrons. The first-order chi connectivity index (χ1) is 10.1. The molecule has 0 bridgehead atoms. The van der Waals surface area contributed by atoms with Gasteiger partial charge in [-0.3, -0.25) is 10.1 Å². The molecule has 21 heavy (non-hydrogen) atoms. The summed E-state index contributed by atoms with van der Waals surface area (Å²) in [6.07, 6.45) is 0.553. The molecule has 0 heterocycles. The molecule has 6 heteroatoms. The number of halogens is 1. The number of benzene rings is 2. The minimum absolute atomic E-state index is 0.0616. The van der Waals surface area contributed by atoms with Crippen molar-refractivity contribution in [2.75, 3.05) is 13.7 Å². The lowest BCUT2D eigenvalue weighted by Gasteiger charge is -2.07. The number of nitro benzene ring substituents is 1. The van der Waals surface area contributed by atoms with Gasteiger partial charge in [0.05, 0.1) is 18.6 Å². The smallest absolute Gasteiger partial charge is 0.311 e. The quantitative estimate of drug-likeness (QED) is 0.604. The van der Waals surface area contributed by atoms with E-state index in [1.165, 1.54) is 0 Å². The van der Waals surface area contributed by atoms with E-state index in [0.29, 0.717) is 6.42 Å². The van der Waals surface area contributed by atoms with Crippen molar-refractivity contribution in [3.63, 3.8) is 0 Å². The Labute approximate surface area is 121 Å². The van der Waals surface area contributed by atoms with Crippen LogP contribution in [0.4, 0.5) is 10.1 Å². The second-order valence-electron chi connectivity index (χ2n) is 4.32. The molecule has 2 rings (SSSR count). The molecular weight excluding hydrogens is 277 g/mol. The Morgan fingerprint density at radius 2 is 1.90 bits per heavy atom. The molecular formula is C15H14FNO4. The van der Waals surface area contributed by atoms with Crippen LogP contribution in [0.2, 0.25) is 0 Å². The van der Waals surface area contributed by atoms with E-state index < -0.39 is 10.7 Å². The molecule has 5 nitrogen and oxygen atoms in total. The maximum Gasteiger partial charge on any atom is 0.311 e. The van der Waals surface area contributed by atoms with E-state index in [2.05, 4.69) is 0 Å². The van der Waals surface area contributed by atoms with Gasteiger partial charge in [0.2, 0.25) is 0 Å². The molecule has 0 radical (unpaired) electrons. The van der Waals surface area contributed by atoms with Gasteiger partial charge in [-0.1, -0.05) is 12.1 Å². The summed E-state index contributed by atoms with van der Waals surface area (Å²) in [7, 11) is 1.58. The zero-order chi connectivity index (χ0) is 15.2. The minimum atomic E-state index is -0.595. The van der Waals surface area contributed by atoms with Crippen LogP contribution in [0.25, 0.3) is 0 Å². The zero-order valence-electron chi connectivity index (χ0n) is 11.4. The monoisotopic (exact) mass is 291 g/mol. The van der Waals surface area contributed by atoms with Crippen molar-refractivity contribution in [3.05, 3.63) is 64.0 Å². The number of ether oxygens (including phenoxy) is 2. The Kier molecular flexibility index (Phi) is 4.71. The molecule has 0 N–H and O–H groups in total. The predicted octanol–water partition coefficient (Wildman–Crippen LogP) is 3.36. The molecule has 0 saturated heterocycles. The number of nitro groups is 1. The summed E-state index contributed by atoms with van der Waals surface area (Å²) in [4.78, 5) is 10.2. The van der Waals surface area contributed by atoms with Crippen LogP contribution in [0.1, 0.15) is 5.56 Å². The highest BCUT2D eigenvalue weighted by atomic mass is 19.1. The van der Waals surface area contributed by atoms with Crippen LogP contribution in [0.15, 0.2) is 42.5 Å². The molecule has 0 atom stereocenters. The van der Waals surface area contributed by atoms with Crippen LogP contribution < -0.4 is 9.47 Å². The standard InChI is InChI=1S/C15H14FNO4/c1-20-13-5-2-11(3-6-13)8-9-21-15-10-12(16)4-7-14(15)17(18)19/h2-7,10H,8-9H2,1H3. The molecule has 0 spiro atoms. The zero-order valence-corrected chi connectivity index (χ0v) is 11.4. The number of methoxy groups -OCH3 is 1. The molecule has 0 amide bonds. The van der Waals surface area contributed by atoms with Crippen molar-refractivity contribution in [1.29, 1.82) is 0 Å². The summed E-state index contributed by atoms with van der Waals surface area (Å²) in [6, 6.07) is 10.5. The van der Waals surface area contributed by atoms with Gasteiger partial charge in [-0.25, -0.2) is 4.39 Å². The van der Waals surface area contributed by atoms with E-state index in [1.807, 2.05) is 24.3 Å². The molecule has 0 unspecified atom stereocenters. The van der Waals surface area contributed by atoms with Crippen molar-refractivity contribution in [2.24, 2.45) is 0 Å². The van der Waals surface area contributed by atoms with Crippen LogP contribution in [0, 0.1) is 15.9 Å². The van der Waals surface area contributed by atoms with Crippen LogP contribution >= 0.6 is 0 Å². The molecule has 2 aromatic carbocycles. The summed E-state index contributed by atoms with van der Waals surface area (Å²) < 4.78 is 23.5. The number of hydrogen-bond donors (Lipinski definition) is 0. The van der Waals surface area contributed by atoms with E-state index in [-0.39, 0.29) is 18.0 Å². The number of hydrogen-bond acceptors (Lipinski definition) is 4. The Balaban J connectivity index is 1.99. The van der Waals surface area contributed by atoms with Gasteiger partial charge in [0.15, 0.2) is 5.75 Å². The molecule has 0 aromatic heterocycles. The first kappa shape index (κ1) is 14.8. The fourth-order valence-corrected chi connectivity index (χ4v) is 1.83. The second kappa shape index (κ2) is 6.69. The van der Waals surface area contributed by atoms with Crippen molar-refractivity contribution < 1.29 is 18.8 Å². The number of nitrogens with zero attached hydrogens (tertiary/aromatic N) is 1. The summed E-state index contributed by atoms with van der Waals surface area (Å²) in [5, 5.41) is 10.8. The van der Waals surface area contributed by atoms with Gasteiger partial charge in [-0.05, 0) is 23.8 Å². The van der Waals surface area contributed by atoms with Crippen molar-refractivity contribution in [3.8, 4) is 11.5 Å². The third kappa shape index (κ3) is 3.92. The van der Waals surface area contributed by atoms with E-state index in [9.17, 15) is 14.5 Å². The first-order valence-electron chi connectivity index (χ1n) is 6.30. The van der Waals surface area contributed by atoms with Crippen LogP contribution in [-0.2, 0) is 6.42 Å². The Bertz CT molecular complexity index is 628. The van der Waals surface area contributed by atoms with Crippen LogP contribution in [0.5, 0.6) is 11.5 Å². The minimum Gasteiger partial charge on any atom is -0.497 e. The molecule has 0 aliphatic rings. The third-order valence-electron chi connectivity index (χ3n) is 2.93. The van der Waals surface area contributed by atoms with Crippen molar-refractivity contribution in [2.45, 2.75) is 6.42 Å². The summed E-state index contributed by atoms with van der Waals surface area (Å²) >= 11 is 0. The van der Waals surface area contributed by atoms with Gasteiger partial charge in [0.25, 0.3) is 0 Å². The van der Waals surface area contributed by atoms with E-state index in [1.54, 1.807) is 7.11 Å². The number of rotatable bonds is 6. The molecule has 2 aromatic rings. The van der Waals surface area contributed by atoms with Gasteiger partial charge in [0, 0.05) is 18.6 Å². The summed E-state index contributed by atoms with van der Waals surface area (Å²) in [5.74, 6) is 0.119. The van der Waals surface area contributed by atoms with Gasteiger partial charge < -0.3 is 9.47 Å². The third-order valence-corrected chi connectivity index (χ3v) is 2.93. The normalized spacial score (nSPS) is 10.2. The van der Waals surface area contributed by atoms with E-state index >= 15 is 0 Å². The van der Waals surface area contributed by atoms with Crippen LogP contribution in [-0.4, -0.2) is 18.6 Å². The second-order valence-corrected chi connectivity index (χ2v) is 4.32. The lowest BCUT2D eigenvalue weighted by Crippen LogP contribution is -2.04. The lowest BCUT2D eigenvalue weighted by atomic mass is 10.1. The fourth-order valence-electron chi connectivity index (χ4n) is 1.83. The fraction of sp³-hybridized carbons (Fsp3) is 0.200. The highest BCUT2D eigenvalue weighted by Gasteiger charge is 2.15.